The summed E-state index contributed by atoms with van der Waals surface area (Å²) in [5, 5.41) is 10.5. The van der Waals surface area contributed by atoms with Crippen molar-refractivity contribution in [2.75, 3.05) is 27.3 Å². The predicted octanol–water partition coefficient (Wildman–Crippen LogP) is 2.88. The van der Waals surface area contributed by atoms with E-state index in [4.69, 9.17) is 9.47 Å². The fraction of sp³-hybridized carbons (Fsp3) is 0.474. The van der Waals surface area contributed by atoms with E-state index in [0.29, 0.717) is 22.8 Å². The molecule has 1 saturated heterocycles. The van der Waals surface area contributed by atoms with Gasteiger partial charge in [0.05, 0.1) is 26.3 Å². The molecular weight excluding hydrogens is 387 g/mol. The number of methoxy groups -OCH3 is 2. The van der Waals surface area contributed by atoms with Gasteiger partial charge in [0, 0.05) is 24.4 Å². The van der Waals surface area contributed by atoms with Crippen LogP contribution in [0.15, 0.2) is 24.4 Å². The topological polar surface area (TPSA) is 77.4 Å². The maximum atomic E-state index is 14.4. The van der Waals surface area contributed by atoms with Gasteiger partial charge in [-0.1, -0.05) is 0 Å². The number of aromatic nitrogens is 2. The number of carbonyl (C=O) groups excluding carboxylic acids is 1. The molecule has 0 aliphatic carbocycles. The van der Waals surface area contributed by atoms with Gasteiger partial charge in [0.15, 0.2) is 11.5 Å². The molecule has 0 saturated carbocycles. The third-order valence-electron chi connectivity index (χ3n) is 4.80. The zero-order valence-corrected chi connectivity index (χ0v) is 17.0. The number of nitrogens with zero attached hydrogens (tertiary/aromatic N) is 2. The van der Waals surface area contributed by atoms with Crippen LogP contribution in [0.1, 0.15) is 47.9 Å². The summed E-state index contributed by atoms with van der Waals surface area (Å²) in [5.41, 5.74) is 0.630. The Morgan fingerprint density at radius 1 is 1.36 bits per heavy atom. The van der Waals surface area contributed by atoms with Crippen molar-refractivity contribution in [1.29, 1.82) is 0 Å². The quantitative estimate of drug-likeness (QED) is 0.762. The number of benzene rings is 1. The van der Waals surface area contributed by atoms with Crippen LogP contribution in [-0.4, -0.2) is 43.0 Å². The van der Waals surface area contributed by atoms with E-state index in [2.05, 4.69) is 15.7 Å². The monoisotopic (exact) mass is 412 g/mol. The zero-order valence-electron chi connectivity index (χ0n) is 16.2. The van der Waals surface area contributed by atoms with Crippen molar-refractivity contribution in [3.8, 4) is 11.5 Å². The van der Waals surface area contributed by atoms with E-state index >= 15 is 0 Å². The lowest BCUT2D eigenvalue weighted by Gasteiger charge is -2.23. The molecular formula is C19H26ClFN4O3. The van der Waals surface area contributed by atoms with Gasteiger partial charge in [-0.05, 0) is 38.4 Å². The summed E-state index contributed by atoms with van der Waals surface area (Å²) in [6.45, 7) is 3.57. The normalized spacial score (nSPS) is 17.4. The fourth-order valence-electron chi connectivity index (χ4n) is 3.27. The Bertz CT molecular complexity index is 808. The zero-order chi connectivity index (χ0) is 19.4. The average molecular weight is 413 g/mol. The van der Waals surface area contributed by atoms with Crippen LogP contribution in [0.4, 0.5) is 4.39 Å². The number of halogens is 2. The number of ether oxygens (including phenoxy) is 2. The Kier molecular flexibility index (Phi) is 7.65. The first-order valence-electron chi connectivity index (χ1n) is 9.01. The Balaban J connectivity index is 0.00000280. The maximum Gasteiger partial charge on any atom is 0.272 e. The lowest BCUT2D eigenvalue weighted by Crippen LogP contribution is -2.32. The third kappa shape index (κ3) is 4.74. The first-order valence-corrected chi connectivity index (χ1v) is 9.01. The molecule has 0 radical (unpaired) electrons. The van der Waals surface area contributed by atoms with E-state index in [1.165, 1.54) is 26.4 Å². The lowest BCUT2D eigenvalue weighted by atomic mass is 10.1. The van der Waals surface area contributed by atoms with Gasteiger partial charge in [-0.2, -0.15) is 5.10 Å². The number of piperidine rings is 1. The number of carbonyl (C=O) groups is 1. The summed E-state index contributed by atoms with van der Waals surface area (Å²) in [4.78, 5) is 12.5. The van der Waals surface area contributed by atoms with E-state index < -0.39 is 11.9 Å². The van der Waals surface area contributed by atoms with E-state index in [1.54, 1.807) is 13.0 Å². The fourth-order valence-corrected chi connectivity index (χ4v) is 3.27. The number of nitrogens with one attached hydrogen (secondary N) is 2. The van der Waals surface area contributed by atoms with Crippen molar-refractivity contribution >= 4 is 18.3 Å². The summed E-state index contributed by atoms with van der Waals surface area (Å²) >= 11 is 0. The largest absolute Gasteiger partial charge is 0.493 e. The van der Waals surface area contributed by atoms with Crippen molar-refractivity contribution in [3.05, 3.63) is 41.5 Å². The van der Waals surface area contributed by atoms with Crippen LogP contribution in [0.5, 0.6) is 11.5 Å². The highest BCUT2D eigenvalue weighted by Gasteiger charge is 2.21. The van der Waals surface area contributed by atoms with Crippen LogP contribution in [-0.2, 0) is 0 Å². The van der Waals surface area contributed by atoms with Crippen LogP contribution in [0, 0.1) is 5.82 Å². The second-order valence-electron chi connectivity index (χ2n) is 6.61. The Morgan fingerprint density at radius 2 is 2.07 bits per heavy atom. The SMILES string of the molecule is COc1cc(F)c(C(C)NC(=O)c2ccn(C3CCCNC3)n2)cc1OC.Cl. The van der Waals surface area contributed by atoms with Crippen LogP contribution >= 0.6 is 12.4 Å². The minimum Gasteiger partial charge on any atom is -0.493 e. The van der Waals surface area contributed by atoms with Crippen molar-refractivity contribution < 1.29 is 18.7 Å². The number of amides is 1. The first kappa shape index (κ1) is 22.0. The molecule has 2 heterocycles. The number of hydrogen-bond acceptors (Lipinski definition) is 5. The summed E-state index contributed by atoms with van der Waals surface area (Å²) in [6, 6.07) is 4.16. The molecule has 2 unspecified atom stereocenters. The van der Waals surface area contributed by atoms with Gasteiger partial charge in [-0.3, -0.25) is 9.48 Å². The molecule has 1 aromatic heterocycles. The molecule has 2 N–H and O–H groups in total. The summed E-state index contributed by atoms with van der Waals surface area (Å²) in [5.74, 6) is -0.111. The third-order valence-corrected chi connectivity index (χ3v) is 4.80. The van der Waals surface area contributed by atoms with Crippen LogP contribution < -0.4 is 20.1 Å². The standard InChI is InChI=1S/C19H25FN4O3.ClH/c1-12(14-9-17(26-2)18(27-3)10-15(14)20)22-19(25)16-6-8-24(23-16)13-5-4-7-21-11-13;/h6,8-10,12-13,21H,4-5,7,11H2,1-3H3,(H,22,25);1H. The molecule has 0 spiro atoms. The second-order valence-corrected chi connectivity index (χ2v) is 6.61. The van der Waals surface area contributed by atoms with Crippen molar-refractivity contribution in [3.63, 3.8) is 0 Å². The van der Waals surface area contributed by atoms with E-state index in [-0.39, 0.29) is 24.4 Å². The van der Waals surface area contributed by atoms with Crippen LogP contribution in [0.3, 0.4) is 0 Å². The molecule has 0 bridgehead atoms. The highest BCUT2D eigenvalue weighted by molar-refractivity contribution is 5.92. The summed E-state index contributed by atoms with van der Waals surface area (Å²) in [6.07, 6.45) is 3.93. The minimum atomic E-state index is -0.557. The molecule has 154 valence electrons. The molecule has 1 aliphatic heterocycles. The molecule has 28 heavy (non-hydrogen) atoms. The Morgan fingerprint density at radius 3 is 2.71 bits per heavy atom. The average Bonchev–Trinajstić information content (AvgIpc) is 3.18. The van der Waals surface area contributed by atoms with E-state index in [1.807, 2.05) is 10.9 Å². The van der Waals surface area contributed by atoms with Crippen molar-refractivity contribution in [2.45, 2.75) is 31.8 Å². The van der Waals surface area contributed by atoms with Gasteiger partial charge in [-0.25, -0.2) is 4.39 Å². The second kappa shape index (κ2) is 9.75. The Labute approximate surface area is 170 Å². The van der Waals surface area contributed by atoms with E-state index in [9.17, 15) is 9.18 Å². The molecule has 1 fully saturated rings. The summed E-state index contributed by atoms with van der Waals surface area (Å²) < 4.78 is 26.5. The molecule has 1 amide bonds. The number of rotatable bonds is 6. The summed E-state index contributed by atoms with van der Waals surface area (Å²) in [7, 11) is 2.93. The predicted molar refractivity (Wildman–Crippen MR) is 106 cm³/mol. The van der Waals surface area contributed by atoms with Crippen molar-refractivity contribution in [2.24, 2.45) is 0 Å². The molecule has 3 rings (SSSR count). The highest BCUT2D eigenvalue weighted by Crippen LogP contribution is 2.32. The molecule has 7 nitrogen and oxygen atoms in total. The molecule has 2 atom stereocenters. The van der Waals surface area contributed by atoms with Gasteiger partial charge in [-0.15, -0.1) is 12.4 Å². The van der Waals surface area contributed by atoms with Gasteiger partial charge in [0.1, 0.15) is 11.5 Å². The molecule has 2 aromatic rings. The van der Waals surface area contributed by atoms with Gasteiger partial charge >= 0.3 is 0 Å². The van der Waals surface area contributed by atoms with Crippen molar-refractivity contribution in [1.82, 2.24) is 20.4 Å². The van der Waals surface area contributed by atoms with Crippen LogP contribution in [0.25, 0.3) is 0 Å². The minimum absolute atomic E-state index is 0. The number of hydrogen-bond donors (Lipinski definition) is 2. The molecule has 1 aromatic carbocycles. The van der Waals surface area contributed by atoms with Crippen LogP contribution in [0.2, 0.25) is 0 Å². The highest BCUT2D eigenvalue weighted by atomic mass is 35.5. The van der Waals surface area contributed by atoms with Gasteiger partial charge in [0.25, 0.3) is 5.91 Å². The molecule has 9 heteroatoms. The Hall–Kier alpha value is -2.32. The molecule has 1 aliphatic rings. The van der Waals surface area contributed by atoms with Gasteiger partial charge < -0.3 is 20.1 Å². The smallest absolute Gasteiger partial charge is 0.272 e. The lowest BCUT2D eigenvalue weighted by molar-refractivity contribution is 0.0933. The van der Waals surface area contributed by atoms with Gasteiger partial charge in [0.2, 0.25) is 0 Å². The van der Waals surface area contributed by atoms with E-state index in [0.717, 1.165) is 25.9 Å². The maximum absolute atomic E-state index is 14.4. The first-order chi connectivity index (χ1) is 13.0.